The van der Waals surface area contributed by atoms with Crippen LogP contribution in [-0.4, -0.2) is 21.0 Å². The largest absolute Gasteiger partial charge is 0.476 e. The van der Waals surface area contributed by atoms with Crippen LogP contribution in [0.3, 0.4) is 0 Å². The summed E-state index contributed by atoms with van der Waals surface area (Å²) in [4.78, 5) is 18.5. The molecule has 0 amide bonds. The maximum absolute atomic E-state index is 10.7. The van der Waals surface area contributed by atoms with Gasteiger partial charge in [0.05, 0.1) is 12.4 Å². The number of nitrogens with one attached hydrogen (secondary N) is 1. The van der Waals surface area contributed by atoms with Gasteiger partial charge in [0.2, 0.25) is 0 Å². The van der Waals surface area contributed by atoms with Crippen molar-refractivity contribution in [3.8, 4) is 0 Å². The molecule has 0 fully saturated rings. The van der Waals surface area contributed by atoms with Crippen LogP contribution in [0.25, 0.3) is 0 Å². The minimum Gasteiger partial charge on any atom is -0.476 e. The quantitative estimate of drug-likeness (QED) is 0.860. The van der Waals surface area contributed by atoms with Gasteiger partial charge >= 0.3 is 5.97 Å². The highest BCUT2D eigenvalue weighted by atomic mass is 16.4. The molecular formula is C13H13N3O2. The first kappa shape index (κ1) is 12.0. The van der Waals surface area contributed by atoms with Crippen LogP contribution in [0.1, 0.15) is 21.6 Å². The number of rotatable bonds is 4. The smallest absolute Gasteiger partial charge is 0.356 e. The number of carbonyl (C=O) groups is 1. The molecule has 5 nitrogen and oxygen atoms in total. The van der Waals surface area contributed by atoms with E-state index in [2.05, 4.69) is 21.4 Å². The molecule has 1 heterocycles. The Kier molecular flexibility index (Phi) is 3.52. The van der Waals surface area contributed by atoms with Crippen molar-refractivity contribution in [1.82, 2.24) is 9.97 Å². The van der Waals surface area contributed by atoms with Crippen LogP contribution >= 0.6 is 0 Å². The van der Waals surface area contributed by atoms with Crippen LogP contribution in [0.4, 0.5) is 5.82 Å². The van der Waals surface area contributed by atoms with E-state index in [0.29, 0.717) is 12.4 Å². The standard InChI is InChI=1S/C13H13N3O2/c1-9-3-2-4-10(5-9)6-15-12-8-14-7-11(16-12)13(17)18/h2-5,7-8H,6H2,1H3,(H,15,16)(H,17,18). The van der Waals surface area contributed by atoms with Gasteiger partial charge in [0.15, 0.2) is 5.69 Å². The molecule has 2 N–H and O–H groups in total. The molecule has 18 heavy (non-hydrogen) atoms. The number of aromatic carboxylic acids is 1. The molecule has 0 bridgehead atoms. The number of benzene rings is 1. The topological polar surface area (TPSA) is 75.1 Å². The summed E-state index contributed by atoms with van der Waals surface area (Å²) in [5.41, 5.74) is 2.22. The molecule has 0 aliphatic heterocycles. The number of aryl methyl sites for hydroxylation is 1. The van der Waals surface area contributed by atoms with E-state index in [-0.39, 0.29) is 5.69 Å². The fourth-order valence-electron chi connectivity index (χ4n) is 1.57. The summed E-state index contributed by atoms with van der Waals surface area (Å²) in [6.07, 6.45) is 2.72. The zero-order valence-electron chi connectivity index (χ0n) is 9.92. The highest BCUT2D eigenvalue weighted by Gasteiger charge is 2.05. The van der Waals surface area contributed by atoms with E-state index >= 15 is 0 Å². The lowest BCUT2D eigenvalue weighted by Crippen LogP contribution is -2.06. The summed E-state index contributed by atoms with van der Waals surface area (Å²) in [5.74, 6) is -0.627. The minimum absolute atomic E-state index is 0.0655. The van der Waals surface area contributed by atoms with Gasteiger partial charge in [0.1, 0.15) is 5.82 Å². The van der Waals surface area contributed by atoms with Crippen molar-refractivity contribution in [1.29, 1.82) is 0 Å². The van der Waals surface area contributed by atoms with Crippen LogP contribution in [0.15, 0.2) is 36.7 Å². The van der Waals surface area contributed by atoms with E-state index in [0.717, 1.165) is 5.56 Å². The molecule has 2 aromatic rings. The van der Waals surface area contributed by atoms with Crippen molar-refractivity contribution in [3.05, 3.63) is 53.5 Å². The van der Waals surface area contributed by atoms with Crippen LogP contribution in [0, 0.1) is 6.92 Å². The Balaban J connectivity index is 2.06. The Morgan fingerprint density at radius 2 is 2.22 bits per heavy atom. The summed E-state index contributed by atoms with van der Waals surface area (Å²) in [6, 6.07) is 8.05. The maximum atomic E-state index is 10.7. The Morgan fingerprint density at radius 3 is 2.94 bits per heavy atom. The highest BCUT2D eigenvalue weighted by molar-refractivity contribution is 5.85. The molecule has 0 aliphatic rings. The van der Waals surface area contributed by atoms with Gasteiger partial charge in [-0.3, -0.25) is 4.98 Å². The fourth-order valence-corrected chi connectivity index (χ4v) is 1.57. The summed E-state index contributed by atoms with van der Waals surface area (Å²) in [7, 11) is 0. The summed E-state index contributed by atoms with van der Waals surface area (Å²) in [5, 5.41) is 11.8. The Labute approximate surface area is 105 Å². The first-order valence-electron chi connectivity index (χ1n) is 5.50. The highest BCUT2D eigenvalue weighted by Crippen LogP contribution is 2.08. The number of carboxylic acid groups (broad SMARTS) is 1. The average Bonchev–Trinajstić information content (AvgIpc) is 2.37. The van der Waals surface area contributed by atoms with Crippen molar-refractivity contribution in [3.63, 3.8) is 0 Å². The van der Waals surface area contributed by atoms with Crippen LogP contribution < -0.4 is 5.32 Å². The number of aromatic nitrogens is 2. The van der Waals surface area contributed by atoms with Gasteiger partial charge in [-0.15, -0.1) is 0 Å². The van der Waals surface area contributed by atoms with Gasteiger partial charge in [-0.25, -0.2) is 9.78 Å². The van der Waals surface area contributed by atoms with E-state index < -0.39 is 5.97 Å². The molecule has 0 saturated carbocycles. The molecule has 0 saturated heterocycles. The molecule has 92 valence electrons. The van der Waals surface area contributed by atoms with Crippen molar-refractivity contribution < 1.29 is 9.90 Å². The van der Waals surface area contributed by atoms with Crippen LogP contribution in [-0.2, 0) is 6.54 Å². The van der Waals surface area contributed by atoms with Crippen molar-refractivity contribution in [2.24, 2.45) is 0 Å². The third-order valence-electron chi connectivity index (χ3n) is 2.41. The van der Waals surface area contributed by atoms with Gasteiger partial charge < -0.3 is 10.4 Å². The molecule has 2 rings (SSSR count). The molecule has 0 atom stereocenters. The third-order valence-corrected chi connectivity index (χ3v) is 2.41. The van der Waals surface area contributed by atoms with Gasteiger partial charge in [-0.1, -0.05) is 29.8 Å². The molecule has 0 spiro atoms. The first-order chi connectivity index (χ1) is 8.65. The van der Waals surface area contributed by atoms with Gasteiger partial charge in [-0.2, -0.15) is 0 Å². The minimum atomic E-state index is -1.08. The SMILES string of the molecule is Cc1cccc(CNc2cncc(C(=O)O)n2)c1. The Bertz CT molecular complexity index is 570. The molecular weight excluding hydrogens is 230 g/mol. The van der Waals surface area contributed by atoms with Crippen LogP contribution in [0.5, 0.6) is 0 Å². The zero-order chi connectivity index (χ0) is 13.0. The van der Waals surface area contributed by atoms with E-state index in [1.54, 1.807) is 0 Å². The second kappa shape index (κ2) is 5.27. The van der Waals surface area contributed by atoms with Gasteiger partial charge in [-0.05, 0) is 12.5 Å². The lowest BCUT2D eigenvalue weighted by molar-refractivity contribution is 0.0690. The summed E-state index contributed by atoms with van der Waals surface area (Å²) < 4.78 is 0. The molecule has 1 aromatic heterocycles. The van der Waals surface area contributed by atoms with E-state index in [9.17, 15) is 4.79 Å². The zero-order valence-corrected chi connectivity index (χ0v) is 9.92. The van der Waals surface area contributed by atoms with E-state index in [1.807, 2.05) is 25.1 Å². The van der Waals surface area contributed by atoms with Crippen LogP contribution in [0.2, 0.25) is 0 Å². The number of carboxylic acids is 1. The summed E-state index contributed by atoms with van der Waals surface area (Å²) >= 11 is 0. The van der Waals surface area contributed by atoms with E-state index in [4.69, 9.17) is 5.11 Å². The van der Waals surface area contributed by atoms with Crippen molar-refractivity contribution in [2.45, 2.75) is 13.5 Å². The number of nitrogens with zero attached hydrogens (tertiary/aromatic N) is 2. The summed E-state index contributed by atoms with van der Waals surface area (Å²) in [6.45, 7) is 2.60. The fraction of sp³-hybridized carbons (Fsp3) is 0.154. The second-order valence-corrected chi connectivity index (χ2v) is 3.94. The lowest BCUT2D eigenvalue weighted by Gasteiger charge is -2.06. The molecule has 5 heteroatoms. The predicted octanol–water partition coefficient (Wildman–Crippen LogP) is 2.10. The predicted molar refractivity (Wildman–Crippen MR) is 67.5 cm³/mol. The van der Waals surface area contributed by atoms with Crippen molar-refractivity contribution in [2.75, 3.05) is 5.32 Å². The number of hydrogen-bond donors (Lipinski definition) is 2. The maximum Gasteiger partial charge on any atom is 0.356 e. The Hall–Kier alpha value is -2.43. The second-order valence-electron chi connectivity index (χ2n) is 3.94. The Morgan fingerprint density at radius 1 is 1.39 bits per heavy atom. The lowest BCUT2D eigenvalue weighted by atomic mass is 10.1. The van der Waals surface area contributed by atoms with Crippen molar-refractivity contribution >= 4 is 11.8 Å². The molecule has 0 radical (unpaired) electrons. The average molecular weight is 243 g/mol. The monoisotopic (exact) mass is 243 g/mol. The first-order valence-corrected chi connectivity index (χ1v) is 5.50. The molecule has 1 aromatic carbocycles. The van der Waals surface area contributed by atoms with E-state index in [1.165, 1.54) is 18.0 Å². The normalized spacial score (nSPS) is 10.1. The number of anilines is 1. The van der Waals surface area contributed by atoms with Gasteiger partial charge in [0.25, 0.3) is 0 Å². The third kappa shape index (κ3) is 3.04. The number of hydrogen-bond acceptors (Lipinski definition) is 4. The molecule has 0 aliphatic carbocycles. The molecule has 0 unspecified atom stereocenters. The van der Waals surface area contributed by atoms with Gasteiger partial charge in [0, 0.05) is 6.54 Å².